The zero-order valence-electron chi connectivity index (χ0n) is 11.5. The molecular weight excluding hydrogens is 267 g/mol. The standard InChI is InChI=1S/C17H15FN2O/c1-11-2-4-12(5-3-11)14-9-19-17(20-10-14)13-6-7-16(21)15(18)8-13/h2-10,17,19,21H,1H3. The van der Waals surface area contributed by atoms with Crippen LogP contribution >= 0.6 is 0 Å². The third-order valence-electron chi connectivity index (χ3n) is 3.43. The highest BCUT2D eigenvalue weighted by atomic mass is 19.1. The first kappa shape index (κ1) is 13.4. The molecule has 1 unspecified atom stereocenters. The van der Waals surface area contributed by atoms with Gasteiger partial charge in [-0.25, -0.2) is 4.39 Å². The number of nitrogens with one attached hydrogen (secondary N) is 1. The van der Waals surface area contributed by atoms with Gasteiger partial charge in [0.05, 0.1) is 0 Å². The van der Waals surface area contributed by atoms with E-state index in [1.54, 1.807) is 12.3 Å². The molecule has 1 aliphatic heterocycles. The molecule has 0 amide bonds. The summed E-state index contributed by atoms with van der Waals surface area (Å²) >= 11 is 0. The third-order valence-corrected chi connectivity index (χ3v) is 3.43. The summed E-state index contributed by atoms with van der Waals surface area (Å²) < 4.78 is 13.4. The van der Waals surface area contributed by atoms with E-state index >= 15 is 0 Å². The van der Waals surface area contributed by atoms with Crippen molar-refractivity contribution in [1.29, 1.82) is 0 Å². The van der Waals surface area contributed by atoms with Gasteiger partial charge in [0.15, 0.2) is 11.6 Å². The molecule has 3 nitrogen and oxygen atoms in total. The van der Waals surface area contributed by atoms with Crippen molar-refractivity contribution in [2.24, 2.45) is 4.99 Å². The minimum absolute atomic E-state index is 0.339. The van der Waals surface area contributed by atoms with E-state index in [2.05, 4.69) is 10.3 Å². The molecule has 1 atom stereocenters. The second-order valence-corrected chi connectivity index (χ2v) is 5.02. The van der Waals surface area contributed by atoms with Crippen molar-refractivity contribution < 1.29 is 9.50 Å². The maximum atomic E-state index is 13.4. The van der Waals surface area contributed by atoms with Crippen molar-refractivity contribution in [2.75, 3.05) is 0 Å². The van der Waals surface area contributed by atoms with Crippen LogP contribution in [0.3, 0.4) is 0 Å². The highest BCUT2D eigenvalue weighted by Crippen LogP contribution is 2.25. The Morgan fingerprint density at radius 2 is 1.90 bits per heavy atom. The van der Waals surface area contributed by atoms with Crippen LogP contribution in [0, 0.1) is 12.7 Å². The van der Waals surface area contributed by atoms with Crippen LogP contribution in [0.15, 0.2) is 53.7 Å². The molecular formula is C17H15FN2O. The molecule has 0 bridgehead atoms. The van der Waals surface area contributed by atoms with Crippen LogP contribution in [-0.4, -0.2) is 11.3 Å². The molecule has 1 aliphatic rings. The molecule has 0 spiro atoms. The fraction of sp³-hybridized carbons (Fsp3) is 0.118. The number of hydrogen-bond donors (Lipinski definition) is 2. The van der Waals surface area contributed by atoms with E-state index in [0.29, 0.717) is 5.56 Å². The largest absolute Gasteiger partial charge is 0.505 e. The number of halogens is 1. The average Bonchev–Trinajstić information content (AvgIpc) is 2.51. The maximum Gasteiger partial charge on any atom is 0.165 e. The normalized spacial score (nSPS) is 17.2. The second-order valence-electron chi connectivity index (χ2n) is 5.02. The van der Waals surface area contributed by atoms with Crippen LogP contribution in [0.25, 0.3) is 5.57 Å². The number of aliphatic imine (C=N–C) groups is 1. The third kappa shape index (κ3) is 2.79. The molecule has 21 heavy (non-hydrogen) atoms. The van der Waals surface area contributed by atoms with E-state index in [-0.39, 0.29) is 11.9 Å². The van der Waals surface area contributed by atoms with Gasteiger partial charge in [0.2, 0.25) is 0 Å². The van der Waals surface area contributed by atoms with Crippen molar-refractivity contribution >= 4 is 11.8 Å². The van der Waals surface area contributed by atoms with Gasteiger partial charge in [-0.1, -0.05) is 35.9 Å². The Bertz CT molecular complexity index is 720. The molecule has 0 aliphatic carbocycles. The first-order valence-corrected chi connectivity index (χ1v) is 6.68. The van der Waals surface area contributed by atoms with E-state index in [1.165, 1.54) is 17.7 Å². The summed E-state index contributed by atoms with van der Waals surface area (Å²) in [6, 6.07) is 12.4. The molecule has 0 radical (unpaired) electrons. The average molecular weight is 282 g/mol. The topological polar surface area (TPSA) is 44.6 Å². The summed E-state index contributed by atoms with van der Waals surface area (Å²) in [4.78, 5) is 4.40. The van der Waals surface area contributed by atoms with Gasteiger partial charge in [-0.2, -0.15) is 0 Å². The molecule has 0 aromatic heterocycles. The molecule has 0 fully saturated rings. The second kappa shape index (κ2) is 5.40. The van der Waals surface area contributed by atoms with Gasteiger partial charge < -0.3 is 10.4 Å². The monoisotopic (exact) mass is 282 g/mol. The molecule has 4 heteroatoms. The van der Waals surface area contributed by atoms with Crippen LogP contribution in [0.4, 0.5) is 4.39 Å². The molecule has 106 valence electrons. The fourth-order valence-electron chi connectivity index (χ4n) is 2.18. The lowest BCUT2D eigenvalue weighted by Gasteiger charge is -2.19. The van der Waals surface area contributed by atoms with Crippen LogP contribution in [0.1, 0.15) is 22.9 Å². The van der Waals surface area contributed by atoms with Crippen LogP contribution in [0.2, 0.25) is 0 Å². The van der Waals surface area contributed by atoms with Gasteiger partial charge in [0.25, 0.3) is 0 Å². The van der Waals surface area contributed by atoms with Crippen LogP contribution in [0.5, 0.6) is 5.75 Å². The SMILES string of the molecule is Cc1ccc(C2=CNC(c3ccc(O)c(F)c3)N=C2)cc1. The van der Waals surface area contributed by atoms with Gasteiger partial charge in [-0.3, -0.25) is 4.99 Å². The zero-order chi connectivity index (χ0) is 14.8. The number of phenols is 1. The van der Waals surface area contributed by atoms with Crippen molar-refractivity contribution in [3.05, 3.63) is 71.2 Å². The Kier molecular flexibility index (Phi) is 3.44. The number of benzene rings is 2. The molecule has 3 rings (SSSR count). The van der Waals surface area contributed by atoms with Gasteiger partial charge in [0.1, 0.15) is 6.17 Å². The Morgan fingerprint density at radius 3 is 2.52 bits per heavy atom. The Labute approximate surface area is 122 Å². The predicted molar refractivity (Wildman–Crippen MR) is 81.6 cm³/mol. The van der Waals surface area contributed by atoms with E-state index in [4.69, 9.17) is 0 Å². The fourth-order valence-corrected chi connectivity index (χ4v) is 2.18. The number of nitrogens with zero attached hydrogens (tertiary/aromatic N) is 1. The summed E-state index contributed by atoms with van der Waals surface area (Å²) in [6.07, 6.45) is 3.30. The molecule has 0 saturated carbocycles. The number of aryl methyl sites for hydroxylation is 1. The number of phenolic OH excluding ortho intramolecular Hbond substituents is 1. The Balaban J connectivity index is 1.79. The summed E-state index contributed by atoms with van der Waals surface area (Å²) in [7, 11) is 0. The Morgan fingerprint density at radius 1 is 1.14 bits per heavy atom. The minimum atomic E-state index is -0.641. The van der Waals surface area contributed by atoms with Crippen LogP contribution < -0.4 is 5.32 Å². The summed E-state index contributed by atoms with van der Waals surface area (Å²) in [5.74, 6) is -0.993. The van der Waals surface area contributed by atoms with E-state index < -0.39 is 5.82 Å². The quantitative estimate of drug-likeness (QED) is 0.884. The minimum Gasteiger partial charge on any atom is -0.505 e. The van der Waals surface area contributed by atoms with Gasteiger partial charge in [-0.15, -0.1) is 0 Å². The molecule has 0 saturated heterocycles. The first-order valence-electron chi connectivity index (χ1n) is 6.68. The number of aromatic hydroxyl groups is 1. The lowest BCUT2D eigenvalue weighted by Crippen LogP contribution is -2.18. The van der Waals surface area contributed by atoms with E-state index in [1.807, 2.05) is 37.4 Å². The summed E-state index contributed by atoms with van der Waals surface area (Å²) in [6.45, 7) is 2.04. The number of allylic oxidation sites excluding steroid dienone is 1. The molecule has 1 heterocycles. The number of hydrogen-bond acceptors (Lipinski definition) is 3. The Hall–Kier alpha value is -2.62. The number of rotatable bonds is 2. The van der Waals surface area contributed by atoms with Crippen molar-refractivity contribution in [2.45, 2.75) is 13.1 Å². The summed E-state index contributed by atoms with van der Waals surface area (Å²) in [5, 5.41) is 12.3. The molecule has 2 aromatic carbocycles. The summed E-state index contributed by atoms with van der Waals surface area (Å²) in [5.41, 5.74) is 3.93. The molecule has 2 aromatic rings. The van der Waals surface area contributed by atoms with Gasteiger partial charge in [0, 0.05) is 18.0 Å². The van der Waals surface area contributed by atoms with Gasteiger partial charge >= 0.3 is 0 Å². The smallest absolute Gasteiger partial charge is 0.165 e. The zero-order valence-corrected chi connectivity index (χ0v) is 11.5. The maximum absolute atomic E-state index is 13.4. The van der Waals surface area contributed by atoms with Crippen molar-refractivity contribution in [3.63, 3.8) is 0 Å². The highest BCUT2D eigenvalue weighted by Gasteiger charge is 2.14. The lowest BCUT2D eigenvalue weighted by molar-refractivity contribution is 0.431. The van der Waals surface area contributed by atoms with Crippen molar-refractivity contribution in [3.8, 4) is 5.75 Å². The van der Waals surface area contributed by atoms with E-state index in [0.717, 1.165) is 11.1 Å². The molecule has 2 N–H and O–H groups in total. The predicted octanol–water partition coefficient (Wildman–Crippen LogP) is 3.55. The lowest BCUT2D eigenvalue weighted by atomic mass is 10.0. The highest BCUT2D eigenvalue weighted by molar-refractivity contribution is 6.10. The first-order chi connectivity index (χ1) is 10.1. The van der Waals surface area contributed by atoms with Gasteiger partial charge in [-0.05, 0) is 30.2 Å². The van der Waals surface area contributed by atoms with E-state index in [9.17, 15) is 9.50 Å². The van der Waals surface area contributed by atoms with Crippen LogP contribution in [-0.2, 0) is 0 Å². The van der Waals surface area contributed by atoms with Crippen molar-refractivity contribution in [1.82, 2.24) is 5.32 Å².